The Bertz CT molecular complexity index is 1190. The molecule has 1 aliphatic rings. The van der Waals surface area contributed by atoms with E-state index < -0.39 is 0 Å². The molecule has 0 spiro atoms. The molecular formula is C33H36N2O2. The van der Waals surface area contributed by atoms with Crippen LogP contribution in [0.15, 0.2) is 97.1 Å². The Labute approximate surface area is 220 Å². The summed E-state index contributed by atoms with van der Waals surface area (Å²) in [6.45, 7) is 2.54. The SMILES string of the molecule is NCC(CCOc1ccc2c(c1)Cc1cc(OCCC(CN)c3ccccc3)ccc1-2)c1ccccc1. The Morgan fingerprint density at radius 3 is 1.41 bits per heavy atom. The minimum atomic E-state index is 0.311. The fraction of sp³-hybridized carbons (Fsp3) is 0.273. The fourth-order valence-corrected chi connectivity index (χ4v) is 5.27. The van der Waals surface area contributed by atoms with E-state index in [1.807, 2.05) is 12.1 Å². The summed E-state index contributed by atoms with van der Waals surface area (Å²) in [6.07, 6.45) is 2.69. The Balaban J connectivity index is 1.16. The zero-order valence-electron chi connectivity index (χ0n) is 21.3. The molecule has 0 bridgehead atoms. The molecule has 5 rings (SSSR count). The van der Waals surface area contributed by atoms with E-state index in [1.165, 1.54) is 33.4 Å². The lowest BCUT2D eigenvalue weighted by molar-refractivity contribution is 0.298. The average Bonchev–Trinajstić information content (AvgIpc) is 3.31. The molecule has 0 aromatic heterocycles. The maximum Gasteiger partial charge on any atom is 0.119 e. The molecule has 4 aromatic rings. The van der Waals surface area contributed by atoms with Crippen molar-refractivity contribution in [2.24, 2.45) is 11.5 Å². The number of benzene rings is 4. The second kappa shape index (κ2) is 12.1. The van der Waals surface area contributed by atoms with Crippen molar-refractivity contribution in [3.63, 3.8) is 0 Å². The second-order valence-electron chi connectivity index (χ2n) is 9.78. The topological polar surface area (TPSA) is 70.5 Å². The number of fused-ring (bicyclic) bond motifs is 3. The highest BCUT2D eigenvalue weighted by atomic mass is 16.5. The third-order valence-corrected chi connectivity index (χ3v) is 7.41. The van der Waals surface area contributed by atoms with Gasteiger partial charge in [-0.3, -0.25) is 0 Å². The lowest BCUT2D eigenvalue weighted by Crippen LogP contribution is -2.15. The standard InChI is InChI=1S/C33H36N2O2/c34-22-26(24-7-3-1-4-8-24)15-17-36-30-11-13-32-28(20-30)19-29-21-31(12-14-33(29)32)37-18-16-27(23-35)25-9-5-2-6-10-25/h1-14,20-21,26-27H,15-19,22-23,34-35H2. The first-order valence-electron chi connectivity index (χ1n) is 13.3. The van der Waals surface area contributed by atoms with Crippen molar-refractivity contribution in [3.05, 3.63) is 119 Å². The van der Waals surface area contributed by atoms with Crippen LogP contribution in [-0.2, 0) is 6.42 Å². The molecule has 0 radical (unpaired) electrons. The zero-order valence-corrected chi connectivity index (χ0v) is 21.3. The van der Waals surface area contributed by atoms with Crippen LogP contribution in [0.3, 0.4) is 0 Å². The number of nitrogens with two attached hydrogens (primary N) is 2. The van der Waals surface area contributed by atoms with Crippen LogP contribution in [0.2, 0.25) is 0 Å². The molecule has 0 saturated carbocycles. The van der Waals surface area contributed by atoms with Gasteiger partial charge in [-0.2, -0.15) is 0 Å². The Kier molecular flexibility index (Phi) is 8.19. The monoisotopic (exact) mass is 492 g/mol. The largest absolute Gasteiger partial charge is 0.494 e. The number of rotatable bonds is 12. The summed E-state index contributed by atoms with van der Waals surface area (Å²) in [5, 5.41) is 0. The van der Waals surface area contributed by atoms with Gasteiger partial charge in [-0.05, 0) is 102 Å². The highest BCUT2D eigenvalue weighted by Gasteiger charge is 2.20. The molecule has 4 N–H and O–H groups in total. The van der Waals surface area contributed by atoms with E-state index in [2.05, 4.69) is 84.9 Å². The fourth-order valence-electron chi connectivity index (χ4n) is 5.27. The van der Waals surface area contributed by atoms with E-state index in [1.54, 1.807) is 0 Å². The van der Waals surface area contributed by atoms with Crippen LogP contribution in [0, 0.1) is 0 Å². The van der Waals surface area contributed by atoms with E-state index in [4.69, 9.17) is 20.9 Å². The van der Waals surface area contributed by atoms with Gasteiger partial charge in [-0.15, -0.1) is 0 Å². The molecule has 37 heavy (non-hydrogen) atoms. The molecular weight excluding hydrogens is 456 g/mol. The lowest BCUT2D eigenvalue weighted by Gasteiger charge is -2.16. The highest BCUT2D eigenvalue weighted by Crippen LogP contribution is 2.40. The molecule has 2 unspecified atom stereocenters. The third kappa shape index (κ3) is 6.04. The normalized spacial score (nSPS) is 13.5. The predicted octanol–water partition coefficient (Wildman–Crippen LogP) is 6.28. The summed E-state index contributed by atoms with van der Waals surface area (Å²) < 4.78 is 12.3. The Morgan fingerprint density at radius 2 is 1.00 bits per heavy atom. The summed E-state index contributed by atoms with van der Waals surface area (Å²) >= 11 is 0. The molecule has 1 aliphatic carbocycles. The summed E-state index contributed by atoms with van der Waals surface area (Å²) in [5.74, 6) is 2.46. The van der Waals surface area contributed by atoms with Crippen molar-refractivity contribution in [1.29, 1.82) is 0 Å². The van der Waals surface area contributed by atoms with E-state index in [0.29, 0.717) is 38.1 Å². The quantitative estimate of drug-likeness (QED) is 0.215. The predicted molar refractivity (Wildman–Crippen MR) is 151 cm³/mol. The maximum absolute atomic E-state index is 6.14. The van der Waals surface area contributed by atoms with E-state index >= 15 is 0 Å². The van der Waals surface area contributed by atoms with Gasteiger partial charge in [-0.1, -0.05) is 72.8 Å². The minimum Gasteiger partial charge on any atom is -0.494 e. The van der Waals surface area contributed by atoms with E-state index in [0.717, 1.165) is 30.8 Å². The molecule has 2 atom stereocenters. The number of hydrogen-bond acceptors (Lipinski definition) is 4. The average molecular weight is 493 g/mol. The van der Waals surface area contributed by atoms with Crippen molar-refractivity contribution in [2.75, 3.05) is 26.3 Å². The second-order valence-corrected chi connectivity index (χ2v) is 9.78. The van der Waals surface area contributed by atoms with E-state index in [-0.39, 0.29) is 0 Å². The molecule has 0 saturated heterocycles. The van der Waals surface area contributed by atoms with Crippen LogP contribution in [0.5, 0.6) is 11.5 Å². The summed E-state index contributed by atoms with van der Waals surface area (Å²) in [6, 6.07) is 33.8. The molecule has 0 fully saturated rings. The van der Waals surface area contributed by atoms with Gasteiger partial charge in [0.2, 0.25) is 0 Å². The van der Waals surface area contributed by atoms with Crippen molar-refractivity contribution in [3.8, 4) is 22.6 Å². The lowest BCUT2D eigenvalue weighted by atomic mass is 9.96. The van der Waals surface area contributed by atoms with Crippen LogP contribution in [0.4, 0.5) is 0 Å². The molecule has 0 amide bonds. The molecule has 190 valence electrons. The maximum atomic E-state index is 6.14. The highest BCUT2D eigenvalue weighted by molar-refractivity contribution is 5.78. The number of hydrogen-bond donors (Lipinski definition) is 2. The van der Waals surface area contributed by atoms with E-state index in [9.17, 15) is 0 Å². The molecule has 4 nitrogen and oxygen atoms in total. The van der Waals surface area contributed by atoms with Crippen LogP contribution < -0.4 is 20.9 Å². The summed E-state index contributed by atoms with van der Waals surface area (Å²) in [5.41, 5.74) is 19.8. The third-order valence-electron chi connectivity index (χ3n) is 7.41. The van der Waals surface area contributed by atoms with Gasteiger partial charge in [0.15, 0.2) is 0 Å². The molecule has 0 aliphatic heterocycles. The van der Waals surface area contributed by atoms with Crippen LogP contribution >= 0.6 is 0 Å². The Hall–Kier alpha value is -3.60. The van der Waals surface area contributed by atoms with Crippen molar-refractivity contribution < 1.29 is 9.47 Å². The number of ether oxygens (including phenoxy) is 2. The van der Waals surface area contributed by atoms with Crippen LogP contribution in [-0.4, -0.2) is 26.3 Å². The van der Waals surface area contributed by atoms with Crippen molar-refractivity contribution in [1.82, 2.24) is 0 Å². The van der Waals surface area contributed by atoms with Crippen LogP contribution in [0.1, 0.15) is 46.9 Å². The first-order valence-corrected chi connectivity index (χ1v) is 13.3. The Morgan fingerprint density at radius 1 is 0.568 bits per heavy atom. The van der Waals surface area contributed by atoms with Crippen molar-refractivity contribution in [2.45, 2.75) is 31.1 Å². The summed E-state index contributed by atoms with van der Waals surface area (Å²) in [4.78, 5) is 0. The molecule has 4 aromatic carbocycles. The van der Waals surface area contributed by atoms with Crippen molar-refractivity contribution >= 4 is 0 Å². The van der Waals surface area contributed by atoms with Gasteiger partial charge in [0.05, 0.1) is 13.2 Å². The smallest absolute Gasteiger partial charge is 0.119 e. The van der Waals surface area contributed by atoms with Gasteiger partial charge in [0.1, 0.15) is 11.5 Å². The van der Waals surface area contributed by atoms with Gasteiger partial charge >= 0.3 is 0 Å². The van der Waals surface area contributed by atoms with Crippen LogP contribution in [0.25, 0.3) is 11.1 Å². The first-order chi connectivity index (χ1) is 18.2. The minimum absolute atomic E-state index is 0.311. The first kappa shape index (κ1) is 25.1. The zero-order chi connectivity index (χ0) is 25.5. The molecule has 4 heteroatoms. The molecule has 0 heterocycles. The van der Waals surface area contributed by atoms with Gasteiger partial charge < -0.3 is 20.9 Å². The summed E-state index contributed by atoms with van der Waals surface area (Å²) in [7, 11) is 0. The van der Waals surface area contributed by atoms with Gasteiger partial charge in [0.25, 0.3) is 0 Å². The van der Waals surface area contributed by atoms with Gasteiger partial charge in [-0.25, -0.2) is 0 Å². The van der Waals surface area contributed by atoms with Gasteiger partial charge in [0, 0.05) is 0 Å².